The minimum atomic E-state index is 0.173. The highest BCUT2D eigenvalue weighted by atomic mass is 16.7. The number of H-pyrrole nitrogens is 1. The van der Waals surface area contributed by atoms with Crippen LogP contribution < -0.4 is 5.73 Å². The normalized spacial score (nSPS) is 11.6. The highest BCUT2D eigenvalue weighted by Crippen LogP contribution is 2.16. The van der Waals surface area contributed by atoms with Gasteiger partial charge in [-0.2, -0.15) is 0 Å². The van der Waals surface area contributed by atoms with Crippen LogP contribution in [0.25, 0.3) is 10.9 Å². The zero-order valence-corrected chi connectivity index (χ0v) is 7.81. The number of carbonyl (C=O) groups excluding carboxylic acids is 1. The van der Waals surface area contributed by atoms with Gasteiger partial charge in [0.15, 0.2) is 5.84 Å². The third-order valence-corrected chi connectivity index (χ3v) is 2.07. The molecular formula is C10H9N3O2. The molecule has 0 saturated carbocycles. The second-order valence-electron chi connectivity index (χ2n) is 2.92. The lowest BCUT2D eigenvalue weighted by molar-refractivity contribution is -0.128. The van der Waals surface area contributed by atoms with E-state index in [0.29, 0.717) is 0 Å². The molecule has 2 rings (SSSR count). The van der Waals surface area contributed by atoms with Crippen molar-refractivity contribution in [3.8, 4) is 0 Å². The monoisotopic (exact) mass is 203 g/mol. The van der Waals surface area contributed by atoms with E-state index in [4.69, 9.17) is 5.73 Å². The van der Waals surface area contributed by atoms with Gasteiger partial charge in [0, 0.05) is 22.7 Å². The second-order valence-corrected chi connectivity index (χ2v) is 2.92. The van der Waals surface area contributed by atoms with Crippen molar-refractivity contribution < 1.29 is 9.63 Å². The first-order chi connectivity index (χ1) is 7.33. The molecule has 15 heavy (non-hydrogen) atoms. The van der Waals surface area contributed by atoms with E-state index in [2.05, 4.69) is 15.0 Å². The van der Waals surface area contributed by atoms with E-state index in [1.54, 1.807) is 0 Å². The van der Waals surface area contributed by atoms with Crippen LogP contribution in [0.15, 0.2) is 35.6 Å². The molecule has 0 fully saturated rings. The fourth-order valence-corrected chi connectivity index (χ4v) is 1.44. The van der Waals surface area contributed by atoms with Crippen molar-refractivity contribution in [3.63, 3.8) is 0 Å². The van der Waals surface area contributed by atoms with Gasteiger partial charge in [0.05, 0.1) is 0 Å². The molecule has 5 nitrogen and oxygen atoms in total. The average Bonchev–Trinajstić information content (AvgIpc) is 2.73. The van der Waals surface area contributed by atoms with Crippen molar-refractivity contribution in [1.29, 1.82) is 0 Å². The van der Waals surface area contributed by atoms with Gasteiger partial charge in [0.25, 0.3) is 0 Å². The van der Waals surface area contributed by atoms with Crippen molar-refractivity contribution >= 4 is 23.2 Å². The summed E-state index contributed by atoms with van der Waals surface area (Å²) in [5, 5.41) is 4.39. The van der Waals surface area contributed by atoms with Crippen LogP contribution in [-0.4, -0.2) is 17.3 Å². The molecule has 0 amide bonds. The fraction of sp³-hybridized carbons (Fsp3) is 0. The number of rotatable bonds is 3. The van der Waals surface area contributed by atoms with E-state index < -0.39 is 0 Å². The maximum absolute atomic E-state index is 9.96. The molecule has 0 atom stereocenters. The van der Waals surface area contributed by atoms with E-state index in [9.17, 15) is 4.79 Å². The average molecular weight is 203 g/mol. The molecule has 0 saturated heterocycles. The molecule has 0 aliphatic carbocycles. The number of hydrogen-bond acceptors (Lipinski definition) is 3. The predicted molar refractivity (Wildman–Crippen MR) is 56.2 cm³/mol. The van der Waals surface area contributed by atoms with Crippen LogP contribution in [0, 0.1) is 0 Å². The molecule has 76 valence electrons. The third-order valence-electron chi connectivity index (χ3n) is 2.07. The SMILES string of the molecule is N/C(=N\OC=O)c1cccc2[nH]ccc12. The number of oxime groups is 1. The maximum Gasteiger partial charge on any atom is 0.323 e. The second kappa shape index (κ2) is 3.83. The first kappa shape index (κ1) is 9.26. The Bertz CT molecular complexity index is 516. The molecule has 0 unspecified atom stereocenters. The summed E-state index contributed by atoms with van der Waals surface area (Å²) in [5.41, 5.74) is 7.35. The molecule has 1 aromatic carbocycles. The van der Waals surface area contributed by atoms with Crippen LogP contribution in [-0.2, 0) is 9.63 Å². The zero-order chi connectivity index (χ0) is 10.7. The maximum atomic E-state index is 9.96. The first-order valence-corrected chi connectivity index (χ1v) is 4.32. The molecule has 0 spiro atoms. The van der Waals surface area contributed by atoms with Crippen molar-refractivity contribution in [1.82, 2.24) is 4.98 Å². The number of nitrogens with two attached hydrogens (primary N) is 1. The zero-order valence-electron chi connectivity index (χ0n) is 7.81. The van der Waals surface area contributed by atoms with E-state index >= 15 is 0 Å². The fourth-order valence-electron chi connectivity index (χ4n) is 1.44. The summed E-state index contributed by atoms with van der Waals surface area (Å²) >= 11 is 0. The summed E-state index contributed by atoms with van der Waals surface area (Å²) in [6.45, 7) is 0.226. The van der Waals surface area contributed by atoms with Gasteiger partial charge in [0.2, 0.25) is 0 Å². The van der Waals surface area contributed by atoms with Gasteiger partial charge < -0.3 is 15.6 Å². The topological polar surface area (TPSA) is 80.5 Å². The number of aromatic nitrogens is 1. The van der Waals surface area contributed by atoms with Crippen LogP contribution in [0.1, 0.15) is 5.56 Å². The molecule has 0 radical (unpaired) electrons. The lowest BCUT2D eigenvalue weighted by atomic mass is 10.1. The smallest absolute Gasteiger partial charge is 0.323 e. The summed E-state index contributed by atoms with van der Waals surface area (Å²) in [4.78, 5) is 17.3. The number of nitrogens with one attached hydrogen (secondary N) is 1. The summed E-state index contributed by atoms with van der Waals surface area (Å²) in [7, 11) is 0. The Morgan fingerprint density at radius 3 is 3.13 bits per heavy atom. The largest absolute Gasteiger partial charge is 0.380 e. The lowest BCUT2D eigenvalue weighted by Crippen LogP contribution is -2.13. The quantitative estimate of drug-likeness (QED) is 0.256. The molecule has 3 N–H and O–H groups in total. The Kier molecular flexibility index (Phi) is 2.37. The minimum absolute atomic E-state index is 0.173. The summed E-state index contributed by atoms with van der Waals surface area (Å²) in [6, 6.07) is 7.46. The van der Waals surface area contributed by atoms with Gasteiger partial charge >= 0.3 is 6.47 Å². The summed E-state index contributed by atoms with van der Waals surface area (Å²) < 4.78 is 0. The van der Waals surface area contributed by atoms with Crippen LogP contribution in [0.2, 0.25) is 0 Å². The van der Waals surface area contributed by atoms with Crippen molar-refractivity contribution in [2.75, 3.05) is 0 Å². The summed E-state index contributed by atoms with van der Waals surface area (Å²) in [5.74, 6) is 0.173. The van der Waals surface area contributed by atoms with Gasteiger partial charge in [-0.15, -0.1) is 0 Å². The Morgan fingerprint density at radius 2 is 2.33 bits per heavy atom. The Hall–Kier alpha value is -2.30. The van der Waals surface area contributed by atoms with Crippen LogP contribution in [0.5, 0.6) is 0 Å². The van der Waals surface area contributed by atoms with Gasteiger partial charge in [-0.1, -0.05) is 17.3 Å². The number of hydrogen-bond donors (Lipinski definition) is 2. The Labute approximate surface area is 85.5 Å². The van der Waals surface area contributed by atoms with Crippen LogP contribution in [0.3, 0.4) is 0 Å². The molecule has 0 aliphatic heterocycles. The van der Waals surface area contributed by atoms with Crippen molar-refractivity contribution in [3.05, 3.63) is 36.0 Å². The van der Waals surface area contributed by atoms with Gasteiger partial charge in [-0.25, -0.2) is 0 Å². The number of nitrogens with zero attached hydrogens (tertiary/aromatic N) is 1. The Balaban J connectivity index is 2.51. The van der Waals surface area contributed by atoms with Gasteiger partial charge in [-0.05, 0) is 12.1 Å². The summed E-state index contributed by atoms with van der Waals surface area (Å²) in [6.07, 6.45) is 1.81. The molecule has 0 aliphatic rings. The van der Waals surface area contributed by atoms with Crippen LogP contribution in [0.4, 0.5) is 0 Å². The number of benzene rings is 1. The van der Waals surface area contributed by atoms with E-state index in [1.807, 2.05) is 30.5 Å². The highest BCUT2D eigenvalue weighted by molar-refractivity contribution is 6.08. The van der Waals surface area contributed by atoms with Crippen molar-refractivity contribution in [2.45, 2.75) is 0 Å². The van der Waals surface area contributed by atoms with E-state index in [-0.39, 0.29) is 12.3 Å². The highest BCUT2D eigenvalue weighted by Gasteiger charge is 2.05. The minimum Gasteiger partial charge on any atom is -0.380 e. The van der Waals surface area contributed by atoms with Gasteiger partial charge in [-0.3, -0.25) is 4.79 Å². The number of carbonyl (C=O) groups is 1. The van der Waals surface area contributed by atoms with Crippen LogP contribution >= 0.6 is 0 Å². The molecule has 1 aromatic heterocycles. The third kappa shape index (κ3) is 1.67. The molecule has 5 heteroatoms. The van der Waals surface area contributed by atoms with Gasteiger partial charge in [0.1, 0.15) is 0 Å². The lowest BCUT2D eigenvalue weighted by Gasteiger charge is -2.00. The van der Waals surface area contributed by atoms with E-state index in [1.165, 1.54) is 0 Å². The number of fused-ring (bicyclic) bond motifs is 1. The number of aromatic amines is 1. The molecule has 1 heterocycles. The molecule has 2 aromatic rings. The standard InChI is InChI=1S/C10H9N3O2/c11-10(13-15-6-14)8-2-1-3-9-7(8)4-5-12-9/h1-6,12H,(H2,11,13). The first-order valence-electron chi connectivity index (χ1n) is 4.32. The van der Waals surface area contributed by atoms with Crippen molar-refractivity contribution in [2.24, 2.45) is 10.9 Å². The predicted octanol–water partition coefficient (Wildman–Crippen LogP) is 0.961. The number of amidine groups is 1. The van der Waals surface area contributed by atoms with E-state index in [0.717, 1.165) is 16.5 Å². The molecule has 0 bridgehead atoms. The Morgan fingerprint density at radius 1 is 1.47 bits per heavy atom. The molecular weight excluding hydrogens is 194 g/mol.